The van der Waals surface area contributed by atoms with Gasteiger partial charge in [-0.25, -0.2) is 4.98 Å². The Bertz CT molecular complexity index is 1330. The molecule has 0 fully saturated rings. The predicted molar refractivity (Wildman–Crippen MR) is 120 cm³/mol. The molecule has 3 N–H and O–H groups in total. The van der Waals surface area contributed by atoms with Crippen molar-refractivity contribution in [2.45, 2.75) is 12.2 Å². The smallest absolute Gasteiger partial charge is 0.417 e. The number of nitrogens with zero attached hydrogens (tertiary/aromatic N) is 4. The highest BCUT2D eigenvalue weighted by molar-refractivity contribution is 7.18. The number of nitrogens with two attached hydrogens (primary N) is 1. The van der Waals surface area contributed by atoms with Crippen LogP contribution in [0, 0.1) is 0 Å². The number of hydrogen-bond acceptors (Lipinski definition) is 7. The van der Waals surface area contributed by atoms with Crippen LogP contribution in [-0.2, 0) is 6.18 Å². The van der Waals surface area contributed by atoms with Crippen LogP contribution in [0.15, 0.2) is 30.6 Å². The molecule has 1 aromatic carbocycles. The maximum absolute atomic E-state index is 13.1. The van der Waals surface area contributed by atoms with Crippen LogP contribution in [0.3, 0.4) is 0 Å². The van der Waals surface area contributed by atoms with Gasteiger partial charge < -0.3 is 20.0 Å². The molecule has 4 rings (SSSR count). The number of alkyl halides is 3. The van der Waals surface area contributed by atoms with Crippen molar-refractivity contribution in [3.05, 3.63) is 51.2 Å². The van der Waals surface area contributed by atoms with Crippen LogP contribution >= 0.6 is 46.1 Å². The van der Waals surface area contributed by atoms with Gasteiger partial charge in [-0.1, -0.05) is 46.1 Å². The summed E-state index contributed by atoms with van der Waals surface area (Å²) in [7, 11) is 0. The molecule has 0 radical (unpaired) electrons. The average Bonchev–Trinajstić information content (AvgIpc) is 3.40. The Morgan fingerprint density at radius 3 is 2.48 bits per heavy atom. The fourth-order valence-electron chi connectivity index (χ4n) is 2.80. The van der Waals surface area contributed by atoms with E-state index >= 15 is 0 Å². The highest BCUT2D eigenvalue weighted by Gasteiger charge is 2.32. The molecule has 3 heterocycles. The van der Waals surface area contributed by atoms with Crippen LogP contribution in [-0.4, -0.2) is 43.9 Å². The maximum atomic E-state index is 13.1. The molecule has 14 heteroatoms. The lowest BCUT2D eigenvalue weighted by Crippen LogP contribution is -2.31. The van der Waals surface area contributed by atoms with Crippen LogP contribution in [0.25, 0.3) is 26.9 Å². The number of aliphatic hydroxyl groups excluding tert-OH is 1. The fourth-order valence-corrected chi connectivity index (χ4v) is 4.41. The van der Waals surface area contributed by atoms with Crippen molar-refractivity contribution in [2.24, 2.45) is 5.73 Å². The van der Waals surface area contributed by atoms with Gasteiger partial charge in [-0.15, -0.1) is 10.2 Å². The monoisotopic (exact) mass is 537 g/mol. The number of fused-ring (bicyclic) bond motifs is 1. The molecule has 7 nitrogen and oxygen atoms in total. The first-order chi connectivity index (χ1) is 15.6. The van der Waals surface area contributed by atoms with E-state index in [1.807, 2.05) is 0 Å². The molecule has 0 unspecified atom stereocenters. The predicted octanol–water partition coefficient (Wildman–Crippen LogP) is 5.20. The first kappa shape index (κ1) is 24.0. The quantitative estimate of drug-likeness (QED) is 0.350. The SMILES string of the molecule is N[C@H](CO)COc1cc(Cl)c(-c2nnc(-c3cn4cc(C(F)(F)F)cc(Cl)c4n3)s2)cc1Cl. The van der Waals surface area contributed by atoms with Crippen molar-refractivity contribution < 1.29 is 23.0 Å². The van der Waals surface area contributed by atoms with Gasteiger partial charge in [0.15, 0.2) is 10.7 Å². The minimum absolute atomic E-state index is 0.0430. The van der Waals surface area contributed by atoms with E-state index in [1.165, 1.54) is 16.7 Å². The molecule has 0 saturated carbocycles. The molecule has 0 saturated heterocycles. The number of aliphatic hydroxyl groups is 1. The van der Waals surface area contributed by atoms with Gasteiger partial charge in [0.25, 0.3) is 0 Å². The second-order valence-electron chi connectivity index (χ2n) is 6.86. The first-order valence-electron chi connectivity index (χ1n) is 9.14. The number of hydrogen-bond donors (Lipinski definition) is 2. The van der Waals surface area contributed by atoms with Gasteiger partial charge >= 0.3 is 6.18 Å². The normalized spacial score (nSPS) is 13.0. The Hall–Kier alpha value is -2.15. The van der Waals surface area contributed by atoms with E-state index in [4.69, 9.17) is 50.4 Å². The van der Waals surface area contributed by atoms with Crippen LogP contribution < -0.4 is 10.5 Å². The summed E-state index contributed by atoms with van der Waals surface area (Å²) in [5.41, 5.74) is 5.64. The van der Waals surface area contributed by atoms with Crippen molar-refractivity contribution in [3.8, 4) is 27.0 Å². The Labute approximate surface area is 203 Å². The van der Waals surface area contributed by atoms with E-state index in [-0.39, 0.29) is 39.7 Å². The molecule has 0 amide bonds. The summed E-state index contributed by atoms with van der Waals surface area (Å²) < 4.78 is 45.8. The number of imidazole rings is 1. The Balaban J connectivity index is 1.65. The Kier molecular flexibility index (Phi) is 6.72. The summed E-state index contributed by atoms with van der Waals surface area (Å²) in [5.74, 6) is 0.287. The van der Waals surface area contributed by atoms with E-state index in [1.54, 1.807) is 6.07 Å². The minimum Gasteiger partial charge on any atom is -0.490 e. The number of pyridine rings is 1. The molecule has 0 aliphatic heterocycles. The van der Waals surface area contributed by atoms with Crippen LogP contribution in [0.5, 0.6) is 5.75 Å². The second-order valence-corrected chi connectivity index (χ2v) is 9.06. The molecule has 3 aromatic heterocycles. The third-order valence-corrected chi connectivity index (χ3v) is 6.28. The van der Waals surface area contributed by atoms with Gasteiger partial charge in [0.05, 0.1) is 33.3 Å². The lowest BCUT2D eigenvalue weighted by atomic mass is 10.2. The Morgan fingerprint density at radius 2 is 1.79 bits per heavy atom. The summed E-state index contributed by atoms with van der Waals surface area (Å²) in [6.07, 6.45) is -2.26. The number of benzene rings is 1. The van der Waals surface area contributed by atoms with Crippen molar-refractivity contribution >= 4 is 51.8 Å². The topological polar surface area (TPSA) is 98.6 Å². The maximum Gasteiger partial charge on any atom is 0.417 e. The van der Waals surface area contributed by atoms with Crippen LogP contribution in [0.1, 0.15) is 5.56 Å². The standard InChI is InChI=1S/C19H13Cl3F3N5O2S/c20-11-3-15(32-7-9(26)6-31)12(21)2-10(11)17-28-29-18(33-17)14-5-30-4-8(19(23,24)25)1-13(22)16(30)27-14/h1-5,9,31H,6-7,26H2/t9-/m1/s1. The molecule has 0 aliphatic carbocycles. The molecule has 0 spiro atoms. The van der Waals surface area contributed by atoms with Gasteiger partial charge in [0.2, 0.25) is 0 Å². The van der Waals surface area contributed by atoms with Crippen molar-refractivity contribution in [3.63, 3.8) is 0 Å². The van der Waals surface area contributed by atoms with Gasteiger partial charge in [-0.2, -0.15) is 13.2 Å². The summed E-state index contributed by atoms with van der Waals surface area (Å²) in [6, 6.07) is 3.28. The average molecular weight is 539 g/mol. The van der Waals surface area contributed by atoms with Crippen LogP contribution in [0.2, 0.25) is 15.1 Å². The fraction of sp³-hybridized carbons (Fsp3) is 0.211. The van der Waals surface area contributed by atoms with E-state index in [0.717, 1.165) is 23.6 Å². The first-order valence-corrected chi connectivity index (χ1v) is 11.1. The van der Waals surface area contributed by atoms with Gasteiger partial charge in [0, 0.05) is 24.0 Å². The van der Waals surface area contributed by atoms with E-state index in [0.29, 0.717) is 21.3 Å². The number of halogens is 6. The zero-order chi connectivity index (χ0) is 23.9. The van der Waals surface area contributed by atoms with Gasteiger partial charge in [-0.05, 0) is 12.1 Å². The molecule has 4 aromatic rings. The number of rotatable bonds is 6. The zero-order valence-corrected chi connectivity index (χ0v) is 19.4. The summed E-state index contributed by atoms with van der Waals surface area (Å²) in [5, 5.41) is 18.3. The lowest BCUT2D eigenvalue weighted by Gasteiger charge is -2.13. The van der Waals surface area contributed by atoms with Crippen molar-refractivity contribution in [2.75, 3.05) is 13.2 Å². The van der Waals surface area contributed by atoms with Gasteiger partial charge in [-0.3, -0.25) is 0 Å². The molecular weight excluding hydrogens is 526 g/mol. The molecule has 0 aliphatic rings. The Morgan fingerprint density at radius 1 is 1.06 bits per heavy atom. The third-order valence-electron chi connectivity index (χ3n) is 4.42. The summed E-state index contributed by atoms with van der Waals surface area (Å²) in [6.45, 7) is -0.204. The minimum atomic E-state index is -4.55. The second kappa shape index (κ2) is 9.24. The van der Waals surface area contributed by atoms with Crippen molar-refractivity contribution in [1.29, 1.82) is 0 Å². The van der Waals surface area contributed by atoms with Crippen LogP contribution in [0.4, 0.5) is 13.2 Å². The molecule has 0 bridgehead atoms. The van der Waals surface area contributed by atoms with E-state index < -0.39 is 17.8 Å². The molecule has 174 valence electrons. The van der Waals surface area contributed by atoms with Crippen molar-refractivity contribution in [1.82, 2.24) is 19.6 Å². The number of aromatic nitrogens is 4. The lowest BCUT2D eigenvalue weighted by molar-refractivity contribution is -0.137. The highest BCUT2D eigenvalue weighted by Crippen LogP contribution is 2.40. The third kappa shape index (κ3) is 5.03. The molecule has 33 heavy (non-hydrogen) atoms. The van der Waals surface area contributed by atoms with E-state index in [2.05, 4.69) is 15.2 Å². The summed E-state index contributed by atoms with van der Waals surface area (Å²) in [4.78, 5) is 4.28. The summed E-state index contributed by atoms with van der Waals surface area (Å²) >= 11 is 19.7. The van der Waals surface area contributed by atoms with Gasteiger partial charge in [0.1, 0.15) is 23.1 Å². The number of ether oxygens (including phenoxy) is 1. The van der Waals surface area contributed by atoms with E-state index in [9.17, 15) is 13.2 Å². The zero-order valence-electron chi connectivity index (χ0n) is 16.3. The molecular formula is C19H13Cl3F3N5O2S. The highest BCUT2D eigenvalue weighted by atomic mass is 35.5. The molecule has 1 atom stereocenters. The largest absolute Gasteiger partial charge is 0.490 e.